The molecule has 0 amide bonds. The van der Waals surface area contributed by atoms with Crippen LogP contribution in [0.15, 0.2) is 54.9 Å². The molecule has 27 heavy (non-hydrogen) atoms. The molecule has 1 aromatic heterocycles. The monoisotopic (exact) mass is 385 g/mol. The van der Waals surface area contributed by atoms with E-state index in [1.807, 2.05) is 12.1 Å². The van der Waals surface area contributed by atoms with Crippen molar-refractivity contribution in [2.45, 2.75) is 6.54 Å². The summed E-state index contributed by atoms with van der Waals surface area (Å²) < 4.78 is 5.10. The molecule has 2 aromatic carbocycles. The minimum absolute atomic E-state index is 0.0961. The molecule has 0 aliphatic carbocycles. The van der Waals surface area contributed by atoms with Gasteiger partial charge in [-0.3, -0.25) is 10.1 Å². The van der Waals surface area contributed by atoms with E-state index in [9.17, 15) is 10.1 Å². The maximum Gasteiger partial charge on any atom is 0.353 e. The van der Waals surface area contributed by atoms with Crippen LogP contribution in [0.3, 0.4) is 0 Å². The van der Waals surface area contributed by atoms with Crippen LogP contribution in [0.5, 0.6) is 5.75 Å². The average Bonchev–Trinajstić information content (AvgIpc) is 2.68. The molecule has 0 saturated carbocycles. The fraction of sp³-hybridized carbons (Fsp3) is 0.111. The van der Waals surface area contributed by atoms with Gasteiger partial charge in [0.25, 0.3) is 0 Å². The Bertz CT molecular complexity index is 933. The molecule has 0 fully saturated rings. The Balaban J connectivity index is 1.83. The first kappa shape index (κ1) is 18.4. The van der Waals surface area contributed by atoms with Gasteiger partial charge in [0.15, 0.2) is 0 Å². The van der Waals surface area contributed by atoms with Gasteiger partial charge < -0.3 is 15.4 Å². The van der Waals surface area contributed by atoms with E-state index in [-0.39, 0.29) is 17.3 Å². The van der Waals surface area contributed by atoms with Crippen molar-refractivity contribution in [3.8, 4) is 5.75 Å². The predicted octanol–water partition coefficient (Wildman–Crippen LogP) is 4.40. The zero-order valence-electron chi connectivity index (χ0n) is 14.3. The summed E-state index contributed by atoms with van der Waals surface area (Å²) in [6.45, 7) is 0.358. The van der Waals surface area contributed by atoms with Crippen molar-refractivity contribution in [2.24, 2.45) is 0 Å². The molecule has 0 aliphatic heterocycles. The first-order valence-corrected chi connectivity index (χ1v) is 8.33. The summed E-state index contributed by atoms with van der Waals surface area (Å²) in [6, 6.07) is 14.1. The Kier molecular flexibility index (Phi) is 5.68. The highest BCUT2D eigenvalue weighted by Crippen LogP contribution is 2.31. The van der Waals surface area contributed by atoms with Crippen LogP contribution in [-0.2, 0) is 6.54 Å². The lowest BCUT2D eigenvalue weighted by Gasteiger charge is -2.10. The van der Waals surface area contributed by atoms with Crippen LogP contribution < -0.4 is 15.4 Å². The van der Waals surface area contributed by atoms with E-state index in [2.05, 4.69) is 20.6 Å². The van der Waals surface area contributed by atoms with Gasteiger partial charge in [-0.1, -0.05) is 23.7 Å². The third-order valence-corrected chi connectivity index (χ3v) is 3.98. The largest absolute Gasteiger partial charge is 0.497 e. The van der Waals surface area contributed by atoms with Gasteiger partial charge >= 0.3 is 5.69 Å². The second-order valence-electron chi connectivity index (χ2n) is 5.51. The second-order valence-corrected chi connectivity index (χ2v) is 5.95. The predicted molar refractivity (Wildman–Crippen MR) is 104 cm³/mol. The Labute approximate surface area is 160 Å². The molecule has 3 aromatic rings. The summed E-state index contributed by atoms with van der Waals surface area (Å²) in [4.78, 5) is 19.1. The summed E-state index contributed by atoms with van der Waals surface area (Å²) in [7, 11) is 1.57. The number of anilines is 3. The quantitative estimate of drug-likeness (QED) is 0.459. The lowest BCUT2D eigenvalue weighted by Crippen LogP contribution is -2.08. The minimum atomic E-state index is -0.518. The molecule has 0 saturated heterocycles. The molecule has 8 nitrogen and oxygen atoms in total. The van der Waals surface area contributed by atoms with Crippen molar-refractivity contribution in [1.29, 1.82) is 0 Å². The van der Waals surface area contributed by atoms with Crippen LogP contribution >= 0.6 is 11.6 Å². The first-order valence-electron chi connectivity index (χ1n) is 7.95. The molecule has 2 N–H and O–H groups in total. The van der Waals surface area contributed by atoms with Crippen molar-refractivity contribution in [3.63, 3.8) is 0 Å². The van der Waals surface area contributed by atoms with Gasteiger partial charge in [0.05, 0.1) is 12.0 Å². The van der Waals surface area contributed by atoms with E-state index in [1.165, 1.54) is 6.33 Å². The highest BCUT2D eigenvalue weighted by atomic mass is 35.5. The fourth-order valence-electron chi connectivity index (χ4n) is 2.37. The molecule has 0 unspecified atom stereocenters. The van der Waals surface area contributed by atoms with Crippen LogP contribution in [0.1, 0.15) is 5.56 Å². The number of hydrogen-bond acceptors (Lipinski definition) is 7. The molecule has 0 atom stereocenters. The van der Waals surface area contributed by atoms with Crippen LogP contribution in [-0.4, -0.2) is 22.0 Å². The molecule has 138 valence electrons. The summed E-state index contributed by atoms with van der Waals surface area (Å²) in [5.74, 6) is 0.905. The summed E-state index contributed by atoms with van der Waals surface area (Å²) in [5, 5.41) is 18.1. The highest BCUT2D eigenvalue weighted by Gasteiger charge is 2.23. The van der Waals surface area contributed by atoms with Crippen molar-refractivity contribution in [1.82, 2.24) is 9.97 Å². The van der Waals surface area contributed by atoms with Crippen LogP contribution in [0.4, 0.5) is 23.0 Å². The third-order valence-electron chi connectivity index (χ3n) is 3.73. The van der Waals surface area contributed by atoms with E-state index in [1.54, 1.807) is 43.5 Å². The van der Waals surface area contributed by atoms with Crippen LogP contribution in [0.2, 0.25) is 5.02 Å². The van der Waals surface area contributed by atoms with Gasteiger partial charge in [0.1, 0.15) is 12.1 Å². The minimum Gasteiger partial charge on any atom is -0.497 e. The van der Waals surface area contributed by atoms with Gasteiger partial charge in [-0.25, -0.2) is 9.97 Å². The topological polar surface area (TPSA) is 102 Å². The number of nitrogens with one attached hydrogen (secondary N) is 2. The molecular weight excluding hydrogens is 370 g/mol. The highest BCUT2D eigenvalue weighted by molar-refractivity contribution is 6.30. The maximum atomic E-state index is 11.6. The van der Waals surface area contributed by atoms with Crippen LogP contribution in [0, 0.1) is 10.1 Å². The number of ether oxygens (including phenoxy) is 1. The number of hydrogen-bond donors (Lipinski definition) is 2. The molecule has 3 rings (SSSR count). The number of aromatic nitrogens is 2. The zero-order chi connectivity index (χ0) is 19.2. The van der Waals surface area contributed by atoms with Gasteiger partial charge in [0.2, 0.25) is 11.6 Å². The average molecular weight is 386 g/mol. The van der Waals surface area contributed by atoms with E-state index in [0.29, 0.717) is 23.0 Å². The van der Waals surface area contributed by atoms with Crippen molar-refractivity contribution >= 4 is 34.6 Å². The molecule has 1 heterocycles. The van der Waals surface area contributed by atoms with Gasteiger partial charge in [0, 0.05) is 17.3 Å². The molecule has 0 aliphatic rings. The van der Waals surface area contributed by atoms with Crippen molar-refractivity contribution < 1.29 is 9.66 Å². The smallest absolute Gasteiger partial charge is 0.353 e. The number of nitro groups is 1. The fourth-order valence-corrected chi connectivity index (χ4v) is 2.50. The lowest BCUT2D eigenvalue weighted by atomic mass is 10.2. The number of methoxy groups -OCH3 is 1. The summed E-state index contributed by atoms with van der Waals surface area (Å²) in [5.41, 5.74) is 1.32. The number of halogens is 1. The Hall–Kier alpha value is -3.39. The Morgan fingerprint density at radius 3 is 2.37 bits per heavy atom. The van der Waals surface area contributed by atoms with Gasteiger partial charge in [-0.15, -0.1) is 0 Å². The number of benzene rings is 2. The van der Waals surface area contributed by atoms with Crippen molar-refractivity contribution in [2.75, 3.05) is 17.7 Å². The molecular formula is C18H16ClN5O3. The van der Waals surface area contributed by atoms with E-state index in [4.69, 9.17) is 16.3 Å². The van der Waals surface area contributed by atoms with E-state index in [0.717, 1.165) is 5.56 Å². The molecule has 0 spiro atoms. The van der Waals surface area contributed by atoms with E-state index < -0.39 is 4.92 Å². The summed E-state index contributed by atoms with van der Waals surface area (Å²) >= 11 is 5.87. The zero-order valence-corrected chi connectivity index (χ0v) is 15.1. The SMILES string of the molecule is COc1ccc(Nc2ncnc(NCc3ccc(Cl)cc3)c2[N+](=O)[O-])cc1. The second kappa shape index (κ2) is 8.33. The molecule has 0 radical (unpaired) electrons. The van der Waals surface area contributed by atoms with Crippen LogP contribution in [0.25, 0.3) is 0 Å². The third kappa shape index (κ3) is 4.62. The Morgan fingerprint density at radius 2 is 1.74 bits per heavy atom. The summed E-state index contributed by atoms with van der Waals surface area (Å²) in [6.07, 6.45) is 1.27. The standard InChI is InChI=1S/C18H16ClN5O3/c1-27-15-8-6-14(7-9-15)23-18-16(24(25)26)17(21-11-22-18)20-10-12-2-4-13(19)5-3-12/h2-9,11H,10H2,1H3,(H2,20,21,22,23). The normalized spacial score (nSPS) is 10.3. The first-order chi connectivity index (χ1) is 13.1. The number of rotatable bonds is 7. The van der Waals surface area contributed by atoms with Gasteiger partial charge in [-0.2, -0.15) is 0 Å². The van der Waals surface area contributed by atoms with Gasteiger partial charge in [-0.05, 0) is 42.0 Å². The van der Waals surface area contributed by atoms with Crippen molar-refractivity contribution in [3.05, 3.63) is 75.6 Å². The molecule has 9 heteroatoms. The molecule has 0 bridgehead atoms. The Morgan fingerprint density at radius 1 is 1.07 bits per heavy atom. The lowest BCUT2D eigenvalue weighted by molar-refractivity contribution is -0.383. The number of nitrogens with zero attached hydrogens (tertiary/aromatic N) is 3. The van der Waals surface area contributed by atoms with E-state index >= 15 is 0 Å². The maximum absolute atomic E-state index is 11.6.